The summed E-state index contributed by atoms with van der Waals surface area (Å²) in [6.45, 7) is 2.59. The lowest BCUT2D eigenvalue weighted by Gasteiger charge is -2.29. The van der Waals surface area contributed by atoms with Gasteiger partial charge in [0, 0.05) is 25.2 Å². The average molecular weight is 280 g/mol. The second-order valence-corrected chi connectivity index (χ2v) is 4.66. The summed E-state index contributed by atoms with van der Waals surface area (Å²) in [6.07, 6.45) is 0.486. The highest BCUT2D eigenvalue weighted by Gasteiger charge is 2.19. The van der Waals surface area contributed by atoms with Crippen LogP contribution in [0.25, 0.3) is 0 Å². The molecule has 0 N–H and O–H groups in total. The molecule has 1 fully saturated rings. The number of benzene rings is 1. The van der Waals surface area contributed by atoms with Crippen LogP contribution in [0.3, 0.4) is 0 Å². The minimum Gasteiger partial charge on any atom is -0.490 e. The van der Waals surface area contributed by atoms with E-state index in [2.05, 4.69) is 4.90 Å². The van der Waals surface area contributed by atoms with Gasteiger partial charge in [-0.2, -0.15) is 0 Å². The van der Waals surface area contributed by atoms with E-state index in [9.17, 15) is 14.9 Å². The van der Waals surface area contributed by atoms with Crippen molar-refractivity contribution in [2.75, 3.05) is 33.4 Å². The van der Waals surface area contributed by atoms with Gasteiger partial charge in [0.2, 0.25) is 0 Å². The number of carbonyl (C=O) groups is 1. The number of rotatable bonds is 5. The zero-order valence-electron chi connectivity index (χ0n) is 11.2. The fraction of sp³-hybridized carbons (Fsp3) is 0.462. The largest absolute Gasteiger partial charge is 0.490 e. The van der Waals surface area contributed by atoms with Crippen LogP contribution < -0.4 is 4.74 Å². The van der Waals surface area contributed by atoms with E-state index >= 15 is 0 Å². The molecule has 0 amide bonds. The number of morpholine rings is 1. The van der Waals surface area contributed by atoms with Crippen LogP contribution >= 0.6 is 0 Å². The molecule has 1 aromatic rings. The second kappa shape index (κ2) is 6.44. The number of nitrogens with zero attached hydrogens (tertiary/aromatic N) is 2. The molecule has 0 aliphatic carbocycles. The zero-order valence-corrected chi connectivity index (χ0v) is 11.2. The maximum absolute atomic E-state index is 11.0. The summed E-state index contributed by atoms with van der Waals surface area (Å²) in [5.74, 6) is 0.336. The van der Waals surface area contributed by atoms with Crippen molar-refractivity contribution in [2.24, 2.45) is 0 Å². The van der Waals surface area contributed by atoms with Crippen molar-refractivity contribution in [3.8, 4) is 5.75 Å². The average Bonchev–Trinajstić information content (AvgIpc) is 2.45. The van der Waals surface area contributed by atoms with E-state index in [4.69, 9.17) is 9.47 Å². The van der Waals surface area contributed by atoms with Crippen LogP contribution in [-0.2, 0) is 4.74 Å². The minimum atomic E-state index is -0.546. The van der Waals surface area contributed by atoms with E-state index in [0.717, 1.165) is 13.1 Å². The number of ether oxygens (including phenoxy) is 2. The number of hydrogen-bond acceptors (Lipinski definition) is 6. The van der Waals surface area contributed by atoms with Crippen molar-refractivity contribution in [1.29, 1.82) is 0 Å². The van der Waals surface area contributed by atoms with Gasteiger partial charge < -0.3 is 14.4 Å². The fourth-order valence-electron chi connectivity index (χ4n) is 2.02. The van der Waals surface area contributed by atoms with Crippen LogP contribution in [-0.4, -0.2) is 55.6 Å². The highest BCUT2D eigenvalue weighted by Crippen LogP contribution is 2.23. The van der Waals surface area contributed by atoms with E-state index in [0.29, 0.717) is 25.2 Å². The highest BCUT2D eigenvalue weighted by atomic mass is 16.6. The van der Waals surface area contributed by atoms with Crippen molar-refractivity contribution in [1.82, 2.24) is 4.90 Å². The Labute approximate surface area is 116 Å². The summed E-state index contributed by atoms with van der Waals surface area (Å²) in [5, 5.41) is 10.6. The van der Waals surface area contributed by atoms with E-state index in [-0.39, 0.29) is 17.4 Å². The monoisotopic (exact) mass is 280 g/mol. The molecular weight excluding hydrogens is 264 g/mol. The molecule has 1 saturated heterocycles. The number of non-ortho nitro benzene ring substituents is 1. The highest BCUT2D eigenvalue weighted by molar-refractivity contribution is 5.80. The molecule has 0 aromatic heterocycles. The van der Waals surface area contributed by atoms with Crippen molar-refractivity contribution >= 4 is 12.0 Å². The van der Waals surface area contributed by atoms with Crippen LogP contribution in [0.2, 0.25) is 0 Å². The summed E-state index contributed by atoms with van der Waals surface area (Å²) in [7, 11) is 2.00. The van der Waals surface area contributed by atoms with Crippen molar-refractivity contribution in [2.45, 2.75) is 6.10 Å². The number of hydrogen-bond donors (Lipinski definition) is 0. The Bertz CT molecular complexity index is 506. The quantitative estimate of drug-likeness (QED) is 0.456. The molecule has 1 aromatic carbocycles. The zero-order chi connectivity index (χ0) is 14.5. The van der Waals surface area contributed by atoms with Gasteiger partial charge in [-0.25, -0.2) is 0 Å². The minimum absolute atomic E-state index is 0.0663. The third-order valence-corrected chi connectivity index (χ3v) is 3.10. The van der Waals surface area contributed by atoms with Crippen LogP contribution in [0, 0.1) is 10.1 Å². The maximum atomic E-state index is 11.0. The number of aldehydes is 1. The maximum Gasteiger partial charge on any atom is 0.270 e. The normalized spacial score (nSPS) is 19.6. The van der Waals surface area contributed by atoms with Gasteiger partial charge in [0.05, 0.1) is 17.1 Å². The summed E-state index contributed by atoms with van der Waals surface area (Å²) in [6, 6.07) is 3.96. The van der Waals surface area contributed by atoms with E-state index in [1.54, 1.807) is 0 Å². The molecule has 1 aliphatic rings. The molecule has 2 rings (SSSR count). The number of nitro benzene ring substituents is 1. The SMILES string of the molecule is CN1CCOC(COc2ccc([N+](=O)[O-])cc2C=O)C1. The number of nitro groups is 1. The van der Waals surface area contributed by atoms with Crippen LogP contribution in [0.5, 0.6) is 5.75 Å². The fourth-order valence-corrected chi connectivity index (χ4v) is 2.02. The predicted molar refractivity (Wildman–Crippen MR) is 71.2 cm³/mol. The predicted octanol–water partition coefficient (Wildman–Crippen LogP) is 1.12. The molecule has 0 bridgehead atoms. The first-order valence-electron chi connectivity index (χ1n) is 6.26. The lowest BCUT2D eigenvalue weighted by Crippen LogP contribution is -2.42. The van der Waals surface area contributed by atoms with E-state index < -0.39 is 4.92 Å². The second-order valence-electron chi connectivity index (χ2n) is 4.66. The van der Waals surface area contributed by atoms with Gasteiger partial charge in [-0.05, 0) is 13.1 Å². The topological polar surface area (TPSA) is 81.9 Å². The van der Waals surface area contributed by atoms with Crippen LogP contribution in [0.15, 0.2) is 18.2 Å². The summed E-state index contributed by atoms with van der Waals surface area (Å²) >= 11 is 0. The lowest BCUT2D eigenvalue weighted by atomic mass is 10.2. The Hall–Kier alpha value is -1.99. The van der Waals surface area contributed by atoms with Crippen LogP contribution in [0.1, 0.15) is 10.4 Å². The molecule has 0 spiro atoms. The van der Waals surface area contributed by atoms with Crippen molar-refractivity contribution in [3.63, 3.8) is 0 Å². The number of likely N-dealkylation sites (N-methyl/N-ethyl adjacent to an activating group) is 1. The molecule has 0 saturated carbocycles. The Morgan fingerprint density at radius 3 is 3.05 bits per heavy atom. The lowest BCUT2D eigenvalue weighted by molar-refractivity contribution is -0.384. The molecule has 20 heavy (non-hydrogen) atoms. The molecule has 1 unspecified atom stereocenters. The molecular formula is C13H16N2O5. The first kappa shape index (κ1) is 14.4. The first-order valence-corrected chi connectivity index (χ1v) is 6.26. The smallest absolute Gasteiger partial charge is 0.270 e. The van der Waals surface area contributed by atoms with Gasteiger partial charge in [0.1, 0.15) is 18.5 Å². The van der Waals surface area contributed by atoms with Gasteiger partial charge in [0.25, 0.3) is 5.69 Å². The standard InChI is InChI=1S/C13H16N2O5/c1-14-4-5-19-12(7-14)9-20-13-3-2-11(15(17)18)6-10(13)8-16/h2-3,6,8,12H,4-5,7,9H2,1H3. The van der Waals surface area contributed by atoms with Gasteiger partial charge in [0.15, 0.2) is 6.29 Å². The third-order valence-electron chi connectivity index (χ3n) is 3.10. The summed E-state index contributed by atoms with van der Waals surface area (Å²) < 4.78 is 11.1. The van der Waals surface area contributed by atoms with Crippen LogP contribution in [0.4, 0.5) is 5.69 Å². The van der Waals surface area contributed by atoms with Gasteiger partial charge in [-0.1, -0.05) is 0 Å². The van der Waals surface area contributed by atoms with Crippen molar-refractivity contribution < 1.29 is 19.2 Å². The number of carbonyl (C=O) groups excluding carboxylic acids is 1. The Morgan fingerprint density at radius 2 is 2.40 bits per heavy atom. The van der Waals surface area contributed by atoms with E-state index in [1.165, 1.54) is 18.2 Å². The molecule has 1 atom stereocenters. The molecule has 1 aliphatic heterocycles. The molecule has 0 radical (unpaired) electrons. The molecule has 7 heteroatoms. The molecule has 108 valence electrons. The van der Waals surface area contributed by atoms with E-state index in [1.807, 2.05) is 7.05 Å². The summed E-state index contributed by atoms with van der Waals surface area (Å²) in [4.78, 5) is 23.2. The Balaban J connectivity index is 2.01. The molecule has 7 nitrogen and oxygen atoms in total. The third kappa shape index (κ3) is 3.52. The van der Waals surface area contributed by atoms with Gasteiger partial charge in [-0.3, -0.25) is 14.9 Å². The Morgan fingerprint density at radius 1 is 1.60 bits per heavy atom. The molecule has 1 heterocycles. The summed E-state index contributed by atoms with van der Waals surface area (Å²) in [5.41, 5.74) is 0.0384. The van der Waals surface area contributed by atoms with Gasteiger partial charge >= 0.3 is 0 Å². The first-order chi connectivity index (χ1) is 9.60. The Kier molecular flexibility index (Phi) is 4.65. The van der Waals surface area contributed by atoms with Crippen molar-refractivity contribution in [3.05, 3.63) is 33.9 Å². The van der Waals surface area contributed by atoms with Gasteiger partial charge in [-0.15, -0.1) is 0 Å².